The van der Waals surface area contributed by atoms with Crippen molar-refractivity contribution in [3.8, 4) is 28.7 Å². The van der Waals surface area contributed by atoms with Crippen LogP contribution in [0.5, 0.6) is 11.5 Å². The molecular formula is C15H10FNO2. The van der Waals surface area contributed by atoms with Crippen LogP contribution < -0.4 is 9.47 Å². The molecule has 0 aliphatic carbocycles. The van der Waals surface area contributed by atoms with E-state index in [-0.39, 0.29) is 5.56 Å². The van der Waals surface area contributed by atoms with Gasteiger partial charge in [-0.15, -0.1) is 0 Å². The maximum absolute atomic E-state index is 13.6. The van der Waals surface area contributed by atoms with Crippen LogP contribution in [0.25, 0.3) is 11.1 Å². The molecule has 0 bridgehead atoms. The van der Waals surface area contributed by atoms with E-state index in [0.29, 0.717) is 30.3 Å². The molecule has 2 aromatic rings. The number of fused-ring (bicyclic) bond motifs is 1. The minimum absolute atomic E-state index is 0.0429. The molecule has 0 radical (unpaired) electrons. The van der Waals surface area contributed by atoms with Crippen LogP contribution >= 0.6 is 0 Å². The molecule has 4 heteroatoms. The summed E-state index contributed by atoms with van der Waals surface area (Å²) >= 11 is 0. The zero-order valence-corrected chi connectivity index (χ0v) is 10.0. The molecule has 19 heavy (non-hydrogen) atoms. The normalized spacial score (nSPS) is 12.8. The number of nitriles is 1. The zero-order chi connectivity index (χ0) is 13.2. The molecule has 1 heterocycles. The van der Waals surface area contributed by atoms with Gasteiger partial charge in [0, 0.05) is 0 Å². The Balaban J connectivity index is 2.03. The van der Waals surface area contributed by atoms with Crippen LogP contribution in [0.15, 0.2) is 36.4 Å². The average Bonchev–Trinajstić information content (AvgIpc) is 2.46. The van der Waals surface area contributed by atoms with Gasteiger partial charge >= 0.3 is 0 Å². The Bertz CT molecular complexity index is 676. The lowest BCUT2D eigenvalue weighted by Crippen LogP contribution is -2.15. The van der Waals surface area contributed by atoms with E-state index in [1.54, 1.807) is 18.2 Å². The molecule has 0 unspecified atom stereocenters. The monoisotopic (exact) mass is 255 g/mol. The molecule has 2 aromatic carbocycles. The van der Waals surface area contributed by atoms with E-state index in [2.05, 4.69) is 0 Å². The fourth-order valence-electron chi connectivity index (χ4n) is 2.01. The molecule has 0 aromatic heterocycles. The number of halogens is 1. The highest BCUT2D eigenvalue weighted by atomic mass is 19.1. The zero-order valence-electron chi connectivity index (χ0n) is 10.0. The predicted octanol–water partition coefficient (Wildman–Crippen LogP) is 3.14. The summed E-state index contributed by atoms with van der Waals surface area (Å²) in [4.78, 5) is 0. The van der Waals surface area contributed by atoms with Crippen LogP contribution in [0.1, 0.15) is 5.56 Å². The first-order valence-electron chi connectivity index (χ1n) is 5.87. The maximum Gasteiger partial charge on any atom is 0.161 e. The van der Waals surface area contributed by atoms with E-state index in [1.165, 1.54) is 12.1 Å². The Morgan fingerprint density at radius 1 is 0.947 bits per heavy atom. The minimum atomic E-state index is -0.519. The van der Waals surface area contributed by atoms with Gasteiger partial charge in [0.15, 0.2) is 11.5 Å². The molecule has 0 saturated heterocycles. The minimum Gasteiger partial charge on any atom is -0.486 e. The lowest BCUT2D eigenvalue weighted by Gasteiger charge is -2.18. The van der Waals surface area contributed by atoms with E-state index < -0.39 is 5.82 Å². The number of hydrogen-bond acceptors (Lipinski definition) is 3. The van der Waals surface area contributed by atoms with Crippen LogP contribution in [0.3, 0.4) is 0 Å². The molecule has 0 amide bonds. The summed E-state index contributed by atoms with van der Waals surface area (Å²) in [5.41, 5.74) is 1.57. The topological polar surface area (TPSA) is 42.2 Å². The van der Waals surface area contributed by atoms with E-state index in [1.807, 2.05) is 12.1 Å². The number of benzene rings is 2. The van der Waals surface area contributed by atoms with E-state index in [9.17, 15) is 4.39 Å². The van der Waals surface area contributed by atoms with Crippen molar-refractivity contribution in [2.75, 3.05) is 13.2 Å². The highest BCUT2D eigenvalue weighted by molar-refractivity contribution is 5.68. The third kappa shape index (κ3) is 2.11. The Morgan fingerprint density at radius 2 is 1.63 bits per heavy atom. The summed E-state index contributed by atoms with van der Waals surface area (Å²) in [5.74, 6) is 0.840. The summed E-state index contributed by atoms with van der Waals surface area (Å²) < 4.78 is 24.5. The lowest BCUT2D eigenvalue weighted by molar-refractivity contribution is 0.171. The van der Waals surface area contributed by atoms with Gasteiger partial charge in [-0.3, -0.25) is 0 Å². The number of rotatable bonds is 1. The SMILES string of the molecule is N#Cc1ccc(-c2ccc3c(c2)OCCO3)cc1F. The van der Waals surface area contributed by atoms with Gasteiger partial charge in [-0.25, -0.2) is 4.39 Å². The van der Waals surface area contributed by atoms with Crippen molar-refractivity contribution in [1.29, 1.82) is 5.26 Å². The third-order valence-electron chi connectivity index (χ3n) is 2.97. The van der Waals surface area contributed by atoms with Gasteiger partial charge < -0.3 is 9.47 Å². The first-order chi connectivity index (χ1) is 9.28. The van der Waals surface area contributed by atoms with Crippen molar-refractivity contribution in [2.45, 2.75) is 0 Å². The molecule has 0 saturated carbocycles. The molecule has 94 valence electrons. The molecule has 0 fully saturated rings. The third-order valence-corrected chi connectivity index (χ3v) is 2.97. The second-order valence-corrected chi connectivity index (χ2v) is 4.16. The van der Waals surface area contributed by atoms with Crippen molar-refractivity contribution in [1.82, 2.24) is 0 Å². The summed E-state index contributed by atoms with van der Waals surface area (Å²) in [6, 6.07) is 11.8. The van der Waals surface area contributed by atoms with Gasteiger partial charge in [0.1, 0.15) is 25.1 Å². The van der Waals surface area contributed by atoms with Crippen molar-refractivity contribution in [3.05, 3.63) is 47.8 Å². The summed E-state index contributed by atoms with van der Waals surface area (Å²) in [6.45, 7) is 1.05. The van der Waals surface area contributed by atoms with Crippen LogP contribution in [0.2, 0.25) is 0 Å². The largest absolute Gasteiger partial charge is 0.486 e. The molecule has 1 aliphatic rings. The number of nitrogens with zero attached hydrogens (tertiary/aromatic N) is 1. The van der Waals surface area contributed by atoms with Crippen molar-refractivity contribution in [2.24, 2.45) is 0 Å². The van der Waals surface area contributed by atoms with Crippen molar-refractivity contribution < 1.29 is 13.9 Å². The first kappa shape index (κ1) is 11.5. The summed E-state index contributed by atoms with van der Waals surface area (Å²) in [7, 11) is 0. The van der Waals surface area contributed by atoms with Gasteiger partial charge in [0.05, 0.1) is 5.56 Å². The summed E-state index contributed by atoms with van der Waals surface area (Å²) in [6.07, 6.45) is 0. The average molecular weight is 255 g/mol. The fraction of sp³-hybridized carbons (Fsp3) is 0.133. The number of hydrogen-bond donors (Lipinski definition) is 0. The standard InChI is InChI=1S/C15H10FNO2/c16-13-7-10(1-2-12(13)9-17)11-3-4-14-15(8-11)19-6-5-18-14/h1-4,7-8H,5-6H2. The van der Waals surface area contributed by atoms with E-state index in [4.69, 9.17) is 14.7 Å². The second-order valence-electron chi connectivity index (χ2n) is 4.16. The van der Waals surface area contributed by atoms with Crippen LogP contribution in [-0.2, 0) is 0 Å². The molecular weight excluding hydrogens is 245 g/mol. The van der Waals surface area contributed by atoms with Gasteiger partial charge in [-0.2, -0.15) is 5.26 Å². The van der Waals surface area contributed by atoms with Gasteiger partial charge in [0.25, 0.3) is 0 Å². The second kappa shape index (κ2) is 4.62. The van der Waals surface area contributed by atoms with Crippen LogP contribution in [0, 0.1) is 17.1 Å². The van der Waals surface area contributed by atoms with Crippen molar-refractivity contribution >= 4 is 0 Å². The quantitative estimate of drug-likeness (QED) is 0.786. The molecule has 3 rings (SSSR count). The first-order valence-corrected chi connectivity index (χ1v) is 5.87. The maximum atomic E-state index is 13.6. The number of ether oxygens (including phenoxy) is 2. The smallest absolute Gasteiger partial charge is 0.161 e. The van der Waals surface area contributed by atoms with Gasteiger partial charge in [-0.1, -0.05) is 12.1 Å². The molecule has 3 nitrogen and oxygen atoms in total. The molecule has 0 spiro atoms. The Labute approximate surface area is 109 Å². The van der Waals surface area contributed by atoms with Crippen LogP contribution in [0.4, 0.5) is 4.39 Å². The van der Waals surface area contributed by atoms with E-state index in [0.717, 1.165) is 5.56 Å². The highest BCUT2D eigenvalue weighted by Gasteiger charge is 2.13. The fourth-order valence-corrected chi connectivity index (χ4v) is 2.01. The van der Waals surface area contributed by atoms with Crippen molar-refractivity contribution in [3.63, 3.8) is 0 Å². The molecule has 0 N–H and O–H groups in total. The Morgan fingerprint density at radius 3 is 2.37 bits per heavy atom. The Hall–Kier alpha value is -2.54. The van der Waals surface area contributed by atoms with Gasteiger partial charge in [-0.05, 0) is 35.4 Å². The summed E-state index contributed by atoms with van der Waals surface area (Å²) in [5, 5.41) is 8.71. The predicted molar refractivity (Wildman–Crippen MR) is 67.5 cm³/mol. The molecule has 1 aliphatic heterocycles. The molecule has 0 atom stereocenters. The van der Waals surface area contributed by atoms with E-state index >= 15 is 0 Å². The lowest BCUT2D eigenvalue weighted by atomic mass is 10.0. The Kier molecular flexibility index (Phi) is 2.81. The van der Waals surface area contributed by atoms with Gasteiger partial charge in [0.2, 0.25) is 0 Å². The van der Waals surface area contributed by atoms with Crippen LogP contribution in [-0.4, -0.2) is 13.2 Å². The highest BCUT2D eigenvalue weighted by Crippen LogP contribution is 2.34.